The second-order valence-corrected chi connectivity index (χ2v) is 7.70. The maximum atomic E-state index is 5.90. The molecule has 0 amide bonds. The van der Waals surface area contributed by atoms with Crippen LogP contribution in [-0.2, 0) is 8.85 Å². The largest absolute Gasteiger partial charge is 0.391 e. The fourth-order valence-corrected chi connectivity index (χ4v) is 3.01. The highest BCUT2D eigenvalue weighted by atomic mass is 28.4. The van der Waals surface area contributed by atoms with Crippen LogP contribution in [0.2, 0.25) is 6.55 Å². The molecule has 1 unspecified atom stereocenters. The average Bonchev–Trinajstić information content (AvgIpc) is 2.34. The lowest BCUT2D eigenvalue weighted by molar-refractivity contribution is 0.178. The second kappa shape index (κ2) is 11.0. The molecule has 0 aromatic rings. The third kappa shape index (κ3) is 9.57. The summed E-state index contributed by atoms with van der Waals surface area (Å²) in [6, 6.07) is 0. The highest BCUT2D eigenvalue weighted by Gasteiger charge is 2.26. The highest BCUT2D eigenvalue weighted by molar-refractivity contribution is 6.71. The first-order valence-corrected chi connectivity index (χ1v) is 9.49. The average molecular weight is 258 g/mol. The van der Waals surface area contributed by atoms with Crippen molar-refractivity contribution in [2.24, 2.45) is 0 Å². The van der Waals surface area contributed by atoms with Gasteiger partial charge in [-0.2, -0.15) is 0 Å². The smallest absolute Gasteiger partial charge is 0.361 e. The first-order chi connectivity index (χ1) is 8.18. The van der Waals surface area contributed by atoms with Crippen LogP contribution in [0, 0.1) is 0 Å². The molecule has 1 atom stereocenters. The minimum atomic E-state index is -2.07. The van der Waals surface area contributed by atoms with Gasteiger partial charge in [-0.25, -0.2) is 0 Å². The third-order valence-electron chi connectivity index (χ3n) is 2.89. The molecule has 0 aliphatic carbocycles. The zero-order valence-corrected chi connectivity index (χ0v) is 13.0. The lowest BCUT2D eigenvalue weighted by Gasteiger charge is -2.23. The van der Waals surface area contributed by atoms with E-state index >= 15 is 0 Å². The molecule has 0 aliphatic heterocycles. The lowest BCUT2D eigenvalue weighted by Crippen LogP contribution is -2.37. The van der Waals surface area contributed by atoms with Crippen molar-refractivity contribution in [3.8, 4) is 0 Å². The molecular weight excluding hydrogens is 228 g/mol. The van der Waals surface area contributed by atoms with Crippen molar-refractivity contribution in [3.63, 3.8) is 0 Å². The maximum absolute atomic E-state index is 5.90. The fourth-order valence-electron chi connectivity index (χ4n) is 1.59. The van der Waals surface area contributed by atoms with Crippen LogP contribution in [0.15, 0.2) is 12.3 Å². The Morgan fingerprint density at radius 3 is 1.82 bits per heavy atom. The Balaban J connectivity index is 3.65. The van der Waals surface area contributed by atoms with E-state index in [4.69, 9.17) is 8.85 Å². The molecule has 0 radical (unpaired) electrons. The summed E-state index contributed by atoms with van der Waals surface area (Å²) in [6.07, 6.45) is 8.56. The van der Waals surface area contributed by atoms with Crippen molar-refractivity contribution >= 4 is 8.56 Å². The van der Waals surface area contributed by atoms with Crippen LogP contribution in [0.1, 0.15) is 58.8 Å². The standard InChI is InChI=1S/C14H30O2Si/c1-5-8-10-12-14-16-17(4,7-3)15-13-11-9-6-2/h7H,3,5-6,8-14H2,1-2,4H3. The Hall–Kier alpha value is -0.123. The summed E-state index contributed by atoms with van der Waals surface area (Å²) in [4.78, 5) is 0. The minimum Gasteiger partial charge on any atom is -0.391 e. The van der Waals surface area contributed by atoms with Crippen LogP contribution in [0.25, 0.3) is 0 Å². The molecule has 0 spiro atoms. The first-order valence-electron chi connectivity index (χ1n) is 7.10. The Bertz CT molecular complexity index is 185. The summed E-state index contributed by atoms with van der Waals surface area (Å²) in [6.45, 7) is 12.0. The van der Waals surface area contributed by atoms with Gasteiger partial charge in [0.2, 0.25) is 0 Å². The minimum absolute atomic E-state index is 0.817. The molecule has 0 saturated carbocycles. The molecule has 0 N–H and O–H groups in total. The Morgan fingerprint density at radius 1 is 0.882 bits per heavy atom. The predicted molar refractivity (Wildman–Crippen MR) is 77.4 cm³/mol. The molecule has 2 nitrogen and oxygen atoms in total. The van der Waals surface area contributed by atoms with Crippen molar-refractivity contribution in [1.29, 1.82) is 0 Å². The van der Waals surface area contributed by atoms with Crippen molar-refractivity contribution < 1.29 is 8.85 Å². The van der Waals surface area contributed by atoms with Crippen LogP contribution >= 0.6 is 0 Å². The summed E-state index contributed by atoms with van der Waals surface area (Å²) in [5.41, 5.74) is 1.90. The van der Waals surface area contributed by atoms with Crippen LogP contribution in [0.4, 0.5) is 0 Å². The highest BCUT2D eigenvalue weighted by Crippen LogP contribution is 2.11. The molecule has 0 saturated heterocycles. The van der Waals surface area contributed by atoms with Gasteiger partial charge < -0.3 is 8.85 Å². The van der Waals surface area contributed by atoms with E-state index in [1.807, 2.05) is 5.70 Å². The molecule has 3 heteroatoms. The van der Waals surface area contributed by atoms with E-state index in [2.05, 4.69) is 27.0 Å². The molecule has 0 heterocycles. The summed E-state index contributed by atoms with van der Waals surface area (Å²) < 4.78 is 11.8. The van der Waals surface area contributed by atoms with Crippen molar-refractivity contribution in [2.75, 3.05) is 13.2 Å². The summed E-state index contributed by atoms with van der Waals surface area (Å²) >= 11 is 0. The first kappa shape index (κ1) is 16.9. The lowest BCUT2D eigenvalue weighted by atomic mass is 10.2. The van der Waals surface area contributed by atoms with Gasteiger partial charge >= 0.3 is 8.56 Å². The van der Waals surface area contributed by atoms with E-state index in [-0.39, 0.29) is 0 Å². The van der Waals surface area contributed by atoms with Crippen LogP contribution < -0.4 is 0 Å². The molecule has 0 rings (SSSR count). The molecule has 0 fully saturated rings. The van der Waals surface area contributed by atoms with Gasteiger partial charge in [0, 0.05) is 13.2 Å². The molecule has 0 aromatic carbocycles. The number of rotatable bonds is 12. The molecule has 102 valence electrons. The Morgan fingerprint density at radius 2 is 1.35 bits per heavy atom. The predicted octanol–water partition coefficient (Wildman–Crippen LogP) is 4.59. The van der Waals surface area contributed by atoms with E-state index in [1.165, 1.54) is 32.1 Å². The van der Waals surface area contributed by atoms with Gasteiger partial charge in [0.05, 0.1) is 0 Å². The summed E-state index contributed by atoms with van der Waals surface area (Å²) in [7, 11) is -2.07. The number of hydrogen-bond acceptors (Lipinski definition) is 2. The SMILES string of the molecule is C=C[Si](C)(OCCCCC)OCCCCCC. The van der Waals surface area contributed by atoms with E-state index in [1.54, 1.807) is 0 Å². The maximum Gasteiger partial charge on any atom is 0.361 e. The van der Waals surface area contributed by atoms with Crippen molar-refractivity contribution in [1.82, 2.24) is 0 Å². The van der Waals surface area contributed by atoms with E-state index in [0.29, 0.717) is 0 Å². The van der Waals surface area contributed by atoms with E-state index in [9.17, 15) is 0 Å². The van der Waals surface area contributed by atoms with Gasteiger partial charge in [0.15, 0.2) is 0 Å². The van der Waals surface area contributed by atoms with Gasteiger partial charge in [-0.3, -0.25) is 0 Å². The normalized spacial score (nSPS) is 14.5. The third-order valence-corrected chi connectivity index (χ3v) is 5.19. The van der Waals surface area contributed by atoms with Crippen LogP contribution in [0.3, 0.4) is 0 Å². The van der Waals surface area contributed by atoms with Gasteiger partial charge in [0.25, 0.3) is 0 Å². The van der Waals surface area contributed by atoms with Crippen molar-refractivity contribution in [2.45, 2.75) is 65.3 Å². The van der Waals surface area contributed by atoms with E-state index in [0.717, 1.165) is 26.1 Å². The monoisotopic (exact) mass is 258 g/mol. The van der Waals surface area contributed by atoms with Crippen LogP contribution in [-0.4, -0.2) is 21.8 Å². The number of hydrogen-bond donors (Lipinski definition) is 0. The van der Waals surface area contributed by atoms with Crippen LogP contribution in [0.5, 0.6) is 0 Å². The summed E-state index contributed by atoms with van der Waals surface area (Å²) in [5, 5.41) is 0. The Labute approximate surface area is 109 Å². The van der Waals surface area contributed by atoms with Gasteiger partial charge in [-0.1, -0.05) is 46.0 Å². The van der Waals surface area contributed by atoms with Gasteiger partial charge in [0.1, 0.15) is 0 Å². The molecule has 0 bridgehead atoms. The van der Waals surface area contributed by atoms with Crippen molar-refractivity contribution in [3.05, 3.63) is 12.3 Å². The second-order valence-electron chi connectivity index (χ2n) is 4.68. The zero-order valence-electron chi connectivity index (χ0n) is 12.0. The Kier molecular flexibility index (Phi) is 10.9. The summed E-state index contributed by atoms with van der Waals surface area (Å²) in [5.74, 6) is 0. The quantitative estimate of drug-likeness (QED) is 0.376. The fraction of sp³-hybridized carbons (Fsp3) is 0.857. The molecule has 0 aliphatic rings. The van der Waals surface area contributed by atoms with E-state index < -0.39 is 8.56 Å². The van der Waals surface area contributed by atoms with Gasteiger partial charge in [-0.05, 0) is 25.1 Å². The topological polar surface area (TPSA) is 18.5 Å². The molecular formula is C14H30O2Si. The number of unbranched alkanes of at least 4 members (excludes halogenated alkanes) is 5. The van der Waals surface area contributed by atoms with Gasteiger partial charge in [-0.15, -0.1) is 6.58 Å². The molecule has 17 heavy (non-hydrogen) atoms. The molecule has 0 aromatic heterocycles. The zero-order chi connectivity index (χ0) is 13.0.